The van der Waals surface area contributed by atoms with Crippen LogP contribution in [0, 0.1) is 0 Å². The molecule has 3 aromatic rings. The van der Waals surface area contributed by atoms with Crippen LogP contribution in [0.15, 0.2) is 61.4 Å². The van der Waals surface area contributed by atoms with Gasteiger partial charge < -0.3 is 15.8 Å². The molecule has 0 unspecified atom stereocenters. The number of benzene rings is 1. The average Bonchev–Trinajstić information content (AvgIpc) is 3.14. The van der Waals surface area contributed by atoms with Gasteiger partial charge in [-0.15, -0.1) is 15.7 Å². The van der Waals surface area contributed by atoms with Gasteiger partial charge in [0.05, 0.1) is 15.9 Å². The summed E-state index contributed by atoms with van der Waals surface area (Å²) in [5, 5.41) is 15.4. The highest BCUT2D eigenvalue weighted by Gasteiger charge is 2.29. The maximum atomic E-state index is 13.2. The minimum atomic E-state index is -4.01. The van der Waals surface area contributed by atoms with Crippen molar-refractivity contribution < 1.29 is 13.5 Å². The van der Waals surface area contributed by atoms with Crippen molar-refractivity contribution in [3.8, 4) is 5.75 Å². The molecule has 4 rings (SSSR count). The minimum absolute atomic E-state index is 0.0162. The number of nitrogens with one attached hydrogen (secondary N) is 2. The molecule has 0 bridgehead atoms. The molecule has 0 spiro atoms. The van der Waals surface area contributed by atoms with Crippen molar-refractivity contribution in [2.24, 2.45) is 4.40 Å². The highest BCUT2D eigenvalue weighted by atomic mass is 32.2. The number of sulfonamides is 1. The zero-order chi connectivity index (χ0) is 20.8. The van der Waals surface area contributed by atoms with E-state index in [1.807, 2.05) is 19.9 Å². The molecule has 0 amide bonds. The van der Waals surface area contributed by atoms with Crippen molar-refractivity contribution >= 4 is 43.1 Å². The second kappa shape index (κ2) is 7.05. The summed E-state index contributed by atoms with van der Waals surface area (Å²) in [4.78, 5) is 13.2. The number of para-hydroxylation sites is 1. The largest absolute Gasteiger partial charge is 0.505 e. The predicted octanol–water partition coefficient (Wildman–Crippen LogP) is 2.84. The van der Waals surface area contributed by atoms with E-state index in [9.17, 15) is 18.3 Å². The first kappa shape index (κ1) is 19.2. The molecule has 10 heteroatoms. The summed E-state index contributed by atoms with van der Waals surface area (Å²) in [7, 11) is -4.01. The van der Waals surface area contributed by atoms with E-state index in [2.05, 4.69) is 15.1 Å². The Kier molecular flexibility index (Phi) is 4.67. The third-order valence-corrected chi connectivity index (χ3v) is 6.63. The van der Waals surface area contributed by atoms with Crippen LogP contribution in [0.25, 0.3) is 10.2 Å². The van der Waals surface area contributed by atoms with Gasteiger partial charge in [0.25, 0.3) is 15.6 Å². The van der Waals surface area contributed by atoms with E-state index in [1.165, 1.54) is 22.1 Å². The molecule has 0 saturated carbocycles. The smallest absolute Gasteiger partial charge is 0.286 e. The Morgan fingerprint density at radius 3 is 2.83 bits per heavy atom. The standard InChI is InChI=1S/C19H18N4O4S2/c1-11(2)7-9-20-23-13-8-10-28-17(13)16(24)15(19(23)25)18-21-12-5-3-4-6-14(12)29(26,27)22-18/h3-8,10,20,24H,9H2,1-2H3,(H,21,22). The van der Waals surface area contributed by atoms with Gasteiger partial charge in [-0.1, -0.05) is 23.8 Å². The molecule has 1 aromatic carbocycles. The van der Waals surface area contributed by atoms with Crippen molar-refractivity contribution in [1.29, 1.82) is 0 Å². The van der Waals surface area contributed by atoms with Gasteiger partial charge in [-0.3, -0.25) is 4.79 Å². The van der Waals surface area contributed by atoms with Crippen LogP contribution >= 0.6 is 11.3 Å². The lowest BCUT2D eigenvalue weighted by Gasteiger charge is -2.20. The van der Waals surface area contributed by atoms with E-state index in [0.717, 1.165) is 5.57 Å². The minimum Gasteiger partial charge on any atom is -0.505 e. The molecule has 1 aliphatic rings. The number of aromatic nitrogens is 1. The van der Waals surface area contributed by atoms with Crippen LogP contribution in [0.5, 0.6) is 5.75 Å². The maximum Gasteiger partial charge on any atom is 0.286 e. The molecule has 0 saturated heterocycles. The number of rotatable bonds is 4. The molecule has 2 aromatic heterocycles. The number of fused-ring (bicyclic) bond motifs is 2. The van der Waals surface area contributed by atoms with E-state index in [-0.39, 0.29) is 22.0 Å². The van der Waals surface area contributed by atoms with Gasteiger partial charge in [-0.25, -0.2) is 4.68 Å². The molecule has 150 valence electrons. The van der Waals surface area contributed by atoms with Crippen LogP contribution in [0.2, 0.25) is 0 Å². The Labute approximate surface area is 170 Å². The van der Waals surface area contributed by atoms with Crippen molar-refractivity contribution in [2.75, 3.05) is 17.3 Å². The second-order valence-corrected chi connectivity index (χ2v) is 9.17. The highest BCUT2D eigenvalue weighted by Crippen LogP contribution is 2.34. The predicted molar refractivity (Wildman–Crippen MR) is 115 cm³/mol. The maximum absolute atomic E-state index is 13.2. The van der Waals surface area contributed by atoms with Crippen molar-refractivity contribution in [3.63, 3.8) is 0 Å². The lowest BCUT2D eigenvalue weighted by atomic mass is 10.2. The van der Waals surface area contributed by atoms with Crippen molar-refractivity contribution in [1.82, 2.24) is 4.68 Å². The second-order valence-electron chi connectivity index (χ2n) is 6.68. The zero-order valence-electron chi connectivity index (χ0n) is 15.6. The number of allylic oxidation sites excluding steroid dienone is 1. The molecule has 29 heavy (non-hydrogen) atoms. The SMILES string of the molecule is CC(C)=CCNn1c(=O)c(C2=NS(=O)(=O)c3ccccc3N2)c(O)c2sccc21. The molecule has 0 aliphatic carbocycles. The lowest BCUT2D eigenvalue weighted by molar-refractivity contribution is 0.479. The first-order valence-electron chi connectivity index (χ1n) is 8.73. The fourth-order valence-electron chi connectivity index (χ4n) is 3.03. The Balaban J connectivity index is 1.92. The summed E-state index contributed by atoms with van der Waals surface area (Å²) in [6.07, 6.45) is 1.91. The summed E-state index contributed by atoms with van der Waals surface area (Å²) < 4.78 is 30.7. The number of hydrogen-bond donors (Lipinski definition) is 3. The first-order chi connectivity index (χ1) is 13.8. The number of pyridine rings is 1. The van der Waals surface area contributed by atoms with Crippen LogP contribution < -0.4 is 16.3 Å². The van der Waals surface area contributed by atoms with Gasteiger partial charge in [0.1, 0.15) is 10.5 Å². The number of amidine groups is 1. The molecule has 3 N–H and O–H groups in total. The number of aromatic hydroxyl groups is 1. The van der Waals surface area contributed by atoms with Gasteiger partial charge >= 0.3 is 0 Å². The number of thiophene rings is 1. The summed E-state index contributed by atoms with van der Waals surface area (Å²) in [5.41, 5.74) is 4.08. The first-order valence-corrected chi connectivity index (χ1v) is 11.1. The lowest BCUT2D eigenvalue weighted by Crippen LogP contribution is -2.36. The van der Waals surface area contributed by atoms with Crippen LogP contribution in [-0.4, -0.2) is 30.6 Å². The van der Waals surface area contributed by atoms with Gasteiger partial charge in [-0.05, 0) is 37.4 Å². The fraction of sp³-hybridized carbons (Fsp3) is 0.158. The zero-order valence-corrected chi connectivity index (χ0v) is 17.3. The Morgan fingerprint density at radius 2 is 2.07 bits per heavy atom. The molecular formula is C19H18N4O4S2. The summed E-state index contributed by atoms with van der Waals surface area (Å²) in [5.74, 6) is -0.514. The molecule has 0 radical (unpaired) electrons. The topological polar surface area (TPSA) is 113 Å². The van der Waals surface area contributed by atoms with Gasteiger partial charge in [0.2, 0.25) is 0 Å². The number of hydrogen-bond acceptors (Lipinski definition) is 7. The summed E-state index contributed by atoms with van der Waals surface area (Å²) >= 11 is 1.24. The summed E-state index contributed by atoms with van der Waals surface area (Å²) in [6.45, 7) is 4.27. The Hall–Kier alpha value is -3.11. The van der Waals surface area contributed by atoms with E-state index in [4.69, 9.17) is 0 Å². The third kappa shape index (κ3) is 3.30. The van der Waals surface area contributed by atoms with Gasteiger partial charge in [-0.2, -0.15) is 8.42 Å². The van der Waals surface area contributed by atoms with Crippen LogP contribution in [0.1, 0.15) is 19.4 Å². The van der Waals surface area contributed by atoms with E-state index in [1.54, 1.807) is 29.6 Å². The molecule has 8 nitrogen and oxygen atoms in total. The van der Waals surface area contributed by atoms with E-state index in [0.29, 0.717) is 22.4 Å². The van der Waals surface area contributed by atoms with Crippen LogP contribution in [0.3, 0.4) is 0 Å². The number of nitrogens with zero attached hydrogens (tertiary/aromatic N) is 2. The third-order valence-electron chi connectivity index (χ3n) is 4.38. The average molecular weight is 431 g/mol. The normalized spacial score (nSPS) is 14.6. The molecular weight excluding hydrogens is 412 g/mol. The molecule has 1 aliphatic heterocycles. The fourth-order valence-corrected chi connectivity index (χ4v) is 4.98. The molecule has 0 atom stereocenters. The van der Waals surface area contributed by atoms with Crippen molar-refractivity contribution in [3.05, 3.63) is 63.3 Å². The van der Waals surface area contributed by atoms with Gasteiger partial charge in [0.15, 0.2) is 11.6 Å². The van der Waals surface area contributed by atoms with E-state index >= 15 is 0 Å². The number of anilines is 1. The Morgan fingerprint density at radius 1 is 1.31 bits per heavy atom. The monoisotopic (exact) mass is 430 g/mol. The van der Waals surface area contributed by atoms with Crippen molar-refractivity contribution in [2.45, 2.75) is 18.7 Å². The molecule has 3 heterocycles. The van der Waals surface area contributed by atoms with Crippen LogP contribution in [0.4, 0.5) is 5.69 Å². The van der Waals surface area contributed by atoms with E-state index < -0.39 is 15.6 Å². The van der Waals surface area contributed by atoms with Crippen LogP contribution in [-0.2, 0) is 10.0 Å². The quantitative estimate of drug-likeness (QED) is 0.549. The Bertz CT molecular complexity index is 1350. The molecule has 0 fully saturated rings. The van der Waals surface area contributed by atoms with Gasteiger partial charge in [0, 0.05) is 6.54 Å². The highest BCUT2D eigenvalue weighted by molar-refractivity contribution is 7.90. The summed E-state index contributed by atoms with van der Waals surface area (Å²) in [6, 6.07) is 7.98.